The molecule has 23 heavy (non-hydrogen) atoms. The number of hydrogen-bond donors (Lipinski definition) is 2. The van der Waals surface area contributed by atoms with Gasteiger partial charge in [0.15, 0.2) is 0 Å². The molecule has 0 unspecified atom stereocenters. The van der Waals surface area contributed by atoms with Crippen LogP contribution in [0.1, 0.15) is 57.4 Å². The molecule has 3 rings (SSSR count). The van der Waals surface area contributed by atoms with Gasteiger partial charge in [-0.25, -0.2) is 0 Å². The van der Waals surface area contributed by atoms with E-state index in [-0.39, 0.29) is 29.2 Å². The van der Waals surface area contributed by atoms with Crippen molar-refractivity contribution >= 4 is 5.91 Å². The highest BCUT2D eigenvalue weighted by Crippen LogP contribution is 2.44. The van der Waals surface area contributed by atoms with Crippen molar-refractivity contribution in [1.82, 2.24) is 5.32 Å². The molecule has 4 nitrogen and oxygen atoms in total. The number of rotatable bonds is 5. The van der Waals surface area contributed by atoms with E-state index in [1.807, 2.05) is 12.1 Å². The monoisotopic (exact) mass is 317 g/mol. The highest BCUT2D eigenvalue weighted by atomic mass is 16.5. The van der Waals surface area contributed by atoms with Crippen molar-refractivity contribution in [3.05, 3.63) is 29.8 Å². The number of phenols is 1. The fourth-order valence-corrected chi connectivity index (χ4v) is 3.62. The van der Waals surface area contributed by atoms with E-state index in [4.69, 9.17) is 4.74 Å². The lowest BCUT2D eigenvalue weighted by Gasteiger charge is -2.36. The van der Waals surface area contributed by atoms with Gasteiger partial charge in [0.1, 0.15) is 5.75 Å². The Morgan fingerprint density at radius 3 is 2.61 bits per heavy atom. The van der Waals surface area contributed by atoms with Gasteiger partial charge >= 0.3 is 0 Å². The Morgan fingerprint density at radius 2 is 2.00 bits per heavy atom. The third-order valence-corrected chi connectivity index (χ3v) is 4.98. The number of phenolic OH excluding ortho intramolecular Hbond substituents is 1. The van der Waals surface area contributed by atoms with Gasteiger partial charge in [0, 0.05) is 19.1 Å². The molecule has 2 N–H and O–H groups in total. The van der Waals surface area contributed by atoms with Crippen LogP contribution in [0.3, 0.4) is 0 Å². The molecular weight excluding hydrogens is 290 g/mol. The van der Waals surface area contributed by atoms with Crippen molar-refractivity contribution in [1.29, 1.82) is 0 Å². The molecule has 1 aliphatic carbocycles. The van der Waals surface area contributed by atoms with Crippen molar-refractivity contribution in [2.75, 3.05) is 6.61 Å². The molecule has 1 heterocycles. The first-order valence-corrected chi connectivity index (χ1v) is 8.65. The maximum atomic E-state index is 12.5. The number of benzene rings is 1. The highest BCUT2D eigenvalue weighted by Gasteiger charge is 2.35. The number of carbonyl (C=O) groups is 1. The lowest BCUT2D eigenvalue weighted by Crippen LogP contribution is -2.46. The lowest BCUT2D eigenvalue weighted by molar-refractivity contribution is -0.124. The Labute approximate surface area is 138 Å². The normalized spacial score (nSPS) is 24.9. The molecule has 1 aromatic rings. The molecular formula is C19H27NO3. The molecule has 1 saturated heterocycles. The average molecular weight is 317 g/mol. The number of ether oxygens (including phenoxy) is 1. The van der Waals surface area contributed by atoms with Crippen LogP contribution in [-0.4, -0.2) is 29.3 Å². The van der Waals surface area contributed by atoms with Crippen LogP contribution in [0.25, 0.3) is 0 Å². The van der Waals surface area contributed by atoms with Crippen LogP contribution in [-0.2, 0) is 9.53 Å². The molecule has 0 aromatic heterocycles. The zero-order valence-electron chi connectivity index (χ0n) is 14.0. The van der Waals surface area contributed by atoms with E-state index in [0.29, 0.717) is 18.9 Å². The molecule has 1 amide bonds. The minimum atomic E-state index is -0.150. The maximum Gasteiger partial charge on any atom is 0.220 e. The first kappa shape index (κ1) is 16.3. The summed E-state index contributed by atoms with van der Waals surface area (Å²) >= 11 is 0. The predicted molar refractivity (Wildman–Crippen MR) is 89.4 cm³/mol. The van der Waals surface area contributed by atoms with Crippen LogP contribution >= 0.6 is 0 Å². The molecule has 2 fully saturated rings. The maximum absolute atomic E-state index is 12.5. The van der Waals surface area contributed by atoms with Gasteiger partial charge in [0.25, 0.3) is 0 Å². The minimum Gasteiger partial charge on any atom is -0.508 e. The lowest BCUT2D eigenvalue weighted by atomic mass is 9.89. The number of carbonyl (C=O) groups excluding carboxylic acids is 1. The Balaban J connectivity index is 1.59. The Kier molecular flexibility index (Phi) is 4.62. The Morgan fingerprint density at radius 1 is 1.30 bits per heavy atom. The molecule has 2 atom stereocenters. The zero-order chi connectivity index (χ0) is 16.4. The van der Waals surface area contributed by atoms with E-state index >= 15 is 0 Å². The molecule has 1 aliphatic heterocycles. The quantitative estimate of drug-likeness (QED) is 0.875. The Bertz CT molecular complexity index is 548. The van der Waals surface area contributed by atoms with E-state index in [9.17, 15) is 9.90 Å². The van der Waals surface area contributed by atoms with Crippen molar-refractivity contribution < 1.29 is 14.6 Å². The molecule has 1 aromatic carbocycles. The van der Waals surface area contributed by atoms with Crippen molar-refractivity contribution in [3.63, 3.8) is 0 Å². The fourth-order valence-electron chi connectivity index (χ4n) is 3.62. The summed E-state index contributed by atoms with van der Waals surface area (Å²) < 4.78 is 5.71. The fraction of sp³-hybridized carbons (Fsp3) is 0.632. The second-order valence-electron chi connectivity index (χ2n) is 7.60. The first-order valence-electron chi connectivity index (χ1n) is 8.65. The van der Waals surface area contributed by atoms with E-state index in [2.05, 4.69) is 19.2 Å². The van der Waals surface area contributed by atoms with Crippen LogP contribution in [0.5, 0.6) is 5.75 Å². The van der Waals surface area contributed by atoms with E-state index in [1.54, 1.807) is 12.1 Å². The van der Waals surface area contributed by atoms with Crippen LogP contribution in [0.15, 0.2) is 24.3 Å². The number of amides is 1. The van der Waals surface area contributed by atoms with Crippen LogP contribution in [0, 0.1) is 5.92 Å². The molecule has 0 bridgehead atoms. The minimum absolute atomic E-state index is 0.137. The molecule has 2 aliphatic rings. The van der Waals surface area contributed by atoms with Gasteiger partial charge in [-0.1, -0.05) is 12.1 Å². The van der Waals surface area contributed by atoms with Gasteiger partial charge in [-0.3, -0.25) is 4.79 Å². The molecule has 126 valence electrons. The van der Waals surface area contributed by atoms with Gasteiger partial charge in [-0.2, -0.15) is 0 Å². The van der Waals surface area contributed by atoms with Crippen molar-refractivity contribution in [2.45, 2.75) is 63.5 Å². The summed E-state index contributed by atoms with van der Waals surface area (Å²) in [5.41, 5.74) is 1.01. The zero-order valence-corrected chi connectivity index (χ0v) is 14.0. The van der Waals surface area contributed by atoms with Crippen LogP contribution in [0.2, 0.25) is 0 Å². The standard InChI is InChI=1S/C19H27NO3/c1-19(2)12-15(9-10-23-19)20-18(22)11-17(13-3-4-13)14-5-7-16(21)8-6-14/h5-8,13,15,17,21H,3-4,9-12H2,1-2H3,(H,20,22)/t15-,17-/m1/s1. The summed E-state index contributed by atoms with van der Waals surface area (Å²) in [4.78, 5) is 12.5. The largest absolute Gasteiger partial charge is 0.508 e. The van der Waals surface area contributed by atoms with E-state index in [1.165, 1.54) is 12.8 Å². The van der Waals surface area contributed by atoms with E-state index in [0.717, 1.165) is 18.4 Å². The number of hydrogen-bond acceptors (Lipinski definition) is 3. The smallest absolute Gasteiger partial charge is 0.220 e. The SMILES string of the molecule is CC1(C)C[C@H](NC(=O)C[C@@H](c2ccc(O)cc2)C2CC2)CCO1. The van der Waals surface area contributed by atoms with Gasteiger partial charge in [-0.15, -0.1) is 0 Å². The van der Waals surface area contributed by atoms with Gasteiger partial charge in [-0.05, 0) is 69.1 Å². The summed E-state index contributed by atoms with van der Waals surface area (Å²) in [6.07, 6.45) is 4.69. The summed E-state index contributed by atoms with van der Waals surface area (Å²) in [5, 5.41) is 12.6. The Hall–Kier alpha value is -1.55. The van der Waals surface area contributed by atoms with Gasteiger partial charge in [0.05, 0.1) is 5.60 Å². The third kappa shape index (κ3) is 4.47. The molecule has 4 heteroatoms. The first-order chi connectivity index (χ1) is 10.9. The topological polar surface area (TPSA) is 58.6 Å². The predicted octanol–water partition coefficient (Wildman–Crippen LogP) is 3.35. The van der Waals surface area contributed by atoms with E-state index < -0.39 is 0 Å². The van der Waals surface area contributed by atoms with Gasteiger partial charge in [0.2, 0.25) is 5.91 Å². The number of aromatic hydroxyl groups is 1. The average Bonchev–Trinajstić information content (AvgIpc) is 3.29. The molecule has 1 saturated carbocycles. The van der Waals surface area contributed by atoms with Crippen LogP contribution in [0.4, 0.5) is 0 Å². The van der Waals surface area contributed by atoms with Crippen LogP contribution < -0.4 is 5.32 Å². The third-order valence-electron chi connectivity index (χ3n) is 4.98. The second-order valence-corrected chi connectivity index (χ2v) is 7.60. The van der Waals surface area contributed by atoms with Crippen molar-refractivity contribution in [2.24, 2.45) is 5.92 Å². The molecule has 0 radical (unpaired) electrons. The summed E-state index contributed by atoms with van der Waals surface area (Å²) in [6, 6.07) is 7.53. The summed E-state index contributed by atoms with van der Waals surface area (Å²) in [5.74, 6) is 1.29. The number of nitrogens with one attached hydrogen (secondary N) is 1. The van der Waals surface area contributed by atoms with Crippen molar-refractivity contribution in [3.8, 4) is 5.75 Å². The summed E-state index contributed by atoms with van der Waals surface area (Å²) in [6.45, 7) is 4.87. The highest BCUT2D eigenvalue weighted by molar-refractivity contribution is 5.77. The summed E-state index contributed by atoms with van der Waals surface area (Å²) in [7, 11) is 0. The second kappa shape index (κ2) is 6.52. The van der Waals surface area contributed by atoms with Gasteiger partial charge < -0.3 is 15.2 Å². The molecule has 0 spiro atoms.